The Kier molecular flexibility index (Phi) is 5.14. The van der Waals surface area contributed by atoms with Crippen LogP contribution in [0.5, 0.6) is 0 Å². The number of thioether (sulfide) groups is 1. The number of nitrogens with one attached hydrogen (secondary N) is 1. The van der Waals surface area contributed by atoms with Crippen molar-refractivity contribution >= 4 is 35.0 Å². The predicted octanol–water partition coefficient (Wildman–Crippen LogP) is 5.05. The molecule has 0 aliphatic carbocycles. The number of hydrogen-bond donors (Lipinski definition) is 1. The molecule has 2 aromatic carbocycles. The van der Waals surface area contributed by atoms with Crippen molar-refractivity contribution in [2.45, 2.75) is 10.7 Å². The Morgan fingerprint density at radius 1 is 1.14 bits per heavy atom. The largest absolute Gasteiger partial charge is 0.319 e. The second kappa shape index (κ2) is 6.87. The molecule has 0 aliphatic rings. The van der Waals surface area contributed by atoms with E-state index in [1.54, 1.807) is 0 Å². The van der Waals surface area contributed by atoms with Gasteiger partial charge in [-0.15, -0.1) is 0 Å². The smallest absolute Gasteiger partial charge is 0.288 e. The van der Waals surface area contributed by atoms with Crippen LogP contribution in [0.2, 0.25) is 5.02 Å². The second-order valence-electron chi connectivity index (χ2n) is 3.98. The number of hydrogen-bond acceptors (Lipinski definition) is 2. The van der Waals surface area contributed by atoms with Crippen molar-refractivity contribution in [2.24, 2.45) is 0 Å². The fraction of sp³-hybridized carbons (Fsp3) is 0.0714. The van der Waals surface area contributed by atoms with Gasteiger partial charge >= 0.3 is 0 Å². The highest BCUT2D eigenvalue weighted by Gasteiger charge is 2.11. The van der Waals surface area contributed by atoms with Gasteiger partial charge in [0, 0.05) is 15.5 Å². The molecule has 21 heavy (non-hydrogen) atoms. The molecule has 0 unspecified atom stereocenters. The minimum atomic E-state index is -2.52. The van der Waals surface area contributed by atoms with Crippen LogP contribution in [-0.2, 0) is 0 Å². The number of halogens is 4. The number of benzene rings is 2. The summed E-state index contributed by atoms with van der Waals surface area (Å²) in [4.78, 5) is 12.3. The summed E-state index contributed by atoms with van der Waals surface area (Å²) < 4.78 is 37.9. The third-order valence-corrected chi connectivity index (χ3v) is 3.48. The number of rotatable bonds is 4. The van der Waals surface area contributed by atoms with Gasteiger partial charge in [-0.1, -0.05) is 23.4 Å². The van der Waals surface area contributed by atoms with Crippen LogP contribution < -0.4 is 5.32 Å². The Balaban J connectivity index is 2.11. The van der Waals surface area contributed by atoms with Crippen LogP contribution in [0.15, 0.2) is 47.4 Å². The zero-order valence-electron chi connectivity index (χ0n) is 10.4. The highest BCUT2D eigenvalue weighted by molar-refractivity contribution is 7.99. The number of amides is 1. The highest BCUT2D eigenvalue weighted by Crippen LogP contribution is 2.25. The third-order valence-electron chi connectivity index (χ3n) is 2.52. The first kappa shape index (κ1) is 15.7. The standard InChI is InChI=1S/C14H9ClF3NOS/c15-9-3-6-11(16)12(7-9)19-13(20)8-1-4-10(5-2-8)21-14(17)18/h1-7,14H,(H,19,20). The van der Waals surface area contributed by atoms with Gasteiger partial charge < -0.3 is 5.32 Å². The monoisotopic (exact) mass is 331 g/mol. The van der Waals surface area contributed by atoms with Crippen molar-refractivity contribution in [1.29, 1.82) is 0 Å². The lowest BCUT2D eigenvalue weighted by Gasteiger charge is -2.07. The minimum Gasteiger partial charge on any atom is -0.319 e. The van der Waals surface area contributed by atoms with E-state index in [2.05, 4.69) is 5.32 Å². The lowest BCUT2D eigenvalue weighted by molar-refractivity contribution is 0.102. The summed E-state index contributed by atoms with van der Waals surface area (Å²) in [7, 11) is 0. The SMILES string of the molecule is O=C(Nc1cc(Cl)ccc1F)c1ccc(SC(F)F)cc1. The number of carbonyl (C=O) groups excluding carboxylic acids is 1. The first-order valence-electron chi connectivity index (χ1n) is 5.77. The van der Waals surface area contributed by atoms with E-state index < -0.39 is 17.5 Å². The van der Waals surface area contributed by atoms with Crippen LogP contribution >= 0.6 is 23.4 Å². The zero-order chi connectivity index (χ0) is 15.4. The molecule has 0 aliphatic heterocycles. The Morgan fingerprint density at radius 2 is 1.81 bits per heavy atom. The van der Waals surface area contributed by atoms with E-state index in [1.807, 2.05) is 0 Å². The first-order chi connectivity index (χ1) is 9.95. The molecule has 0 atom stereocenters. The summed E-state index contributed by atoms with van der Waals surface area (Å²) in [6.07, 6.45) is 0. The van der Waals surface area contributed by atoms with Gasteiger partial charge in [-0.3, -0.25) is 4.79 Å². The van der Waals surface area contributed by atoms with Crippen LogP contribution in [0, 0.1) is 5.82 Å². The van der Waals surface area contributed by atoms with Crippen molar-refractivity contribution < 1.29 is 18.0 Å². The molecule has 0 saturated heterocycles. The minimum absolute atomic E-state index is 0.0430. The second-order valence-corrected chi connectivity index (χ2v) is 5.48. The fourth-order valence-corrected chi connectivity index (χ4v) is 2.25. The molecule has 110 valence electrons. The van der Waals surface area contributed by atoms with E-state index in [1.165, 1.54) is 36.4 Å². The molecular formula is C14H9ClF3NOS. The van der Waals surface area contributed by atoms with E-state index in [0.717, 1.165) is 6.07 Å². The quantitative estimate of drug-likeness (QED) is 0.795. The van der Waals surface area contributed by atoms with E-state index in [4.69, 9.17) is 11.6 Å². The molecule has 0 bridgehead atoms. The van der Waals surface area contributed by atoms with E-state index in [9.17, 15) is 18.0 Å². The van der Waals surface area contributed by atoms with Gasteiger partial charge in [-0.05, 0) is 42.5 Å². The summed E-state index contributed by atoms with van der Waals surface area (Å²) in [5, 5.41) is 2.66. The Hall–Kier alpha value is -1.66. The van der Waals surface area contributed by atoms with Crippen LogP contribution in [0.3, 0.4) is 0 Å². The Morgan fingerprint density at radius 3 is 2.43 bits per heavy atom. The topological polar surface area (TPSA) is 29.1 Å². The molecule has 0 spiro atoms. The normalized spacial score (nSPS) is 10.7. The van der Waals surface area contributed by atoms with Crippen molar-refractivity contribution in [3.8, 4) is 0 Å². The van der Waals surface area contributed by atoms with Crippen molar-refractivity contribution in [3.05, 3.63) is 58.9 Å². The molecule has 0 heterocycles. The van der Waals surface area contributed by atoms with Gasteiger partial charge in [-0.25, -0.2) is 4.39 Å². The average molecular weight is 332 g/mol. The van der Waals surface area contributed by atoms with Crippen LogP contribution in [-0.4, -0.2) is 11.7 Å². The summed E-state index contributed by atoms with van der Waals surface area (Å²) in [5.74, 6) is -3.69. The Bertz CT molecular complexity index is 649. The van der Waals surface area contributed by atoms with Crippen molar-refractivity contribution in [2.75, 3.05) is 5.32 Å². The fourth-order valence-electron chi connectivity index (χ4n) is 1.58. The highest BCUT2D eigenvalue weighted by atomic mass is 35.5. The number of alkyl halides is 2. The summed E-state index contributed by atoms with van der Waals surface area (Å²) in [5.41, 5.74) is 0.187. The predicted molar refractivity (Wildman–Crippen MR) is 77.7 cm³/mol. The molecule has 1 N–H and O–H groups in total. The molecule has 7 heteroatoms. The molecule has 2 aromatic rings. The van der Waals surface area contributed by atoms with Crippen LogP contribution in [0.4, 0.5) is 18.9 Å². The summed E-state index contributed by atoms with van der Waals surface area (Å²) in [6, 6.07) is 9.38. The Labute approximate surface area is 128 Å². The van der Waals surface area contributed by atoms with Gasteiger partial charge in [-0.2, -0.15) is 8.78 Å². The van der Waals surface area contributed by atoms with Gasteiger partial charge in [0.25, 0.3) is 11.7 Å². The molecule has 0 saturated carbocycles. The van der Waals surface area contributed by atoms with E-state index >= 15 is 0 Å². The van der Waals surface area contributed by atoms with Gasteiger partial charge in [0.05, 0.1) is 5.69 Å². The molecule has 0 radical (unpaired) electrons. The van der Waals surface area contributed by atoms with Gasteiger partial charge in [0.15, 0.2) is 0 Å². The number of carbonyl (C=O) groups is 1. The third kappa shape index (κ3) is 4.41. The lowest BCUT2D eigenvalue weighted by Crippen LogP contribution is -2.12. The maximum Gasteiger partial charge on any atom is 0.288 e. The molecule has 1 amide bonds. The van der Waals surface area contributed by atoms with Crippen molar-refractivity contribution in [3.63, 3.8) is 0 Å². The summed E-state index contributed by atoms with van der Waals surface area (Å²) in [6.45, 7) is 0. The maximum atomic E-state index is 13.5. The molecule has 0 fully saturated rings. The molecule has 2 rings (SSSR count). The molecule has 2 nitrogen and oxygen atoms in total. The van der Waals surface area contributed by atoms with Crippen LogP contribution in [0.1, 0.15) is 10.4 Å². The molecule has 0 aromatic heterocycles. The maximum absolute atomic E-state index is 13.5. The van der Waals surface area contributed by atoms with Crippen molar-refractivity contribution in [1.82, 2.24) is 0 Å². The molecular weight excluding hydrogens is 323 g/mol. The average Bonchev–Trinajstić information content (AvgIpc) is 2.43. The lowest BCUT2D eigenvalue weighted by atomic mass is 10.2. The summed E-state index contributed by atoms with van der Waals surface area (Å²) >= 11 is 6.11. The van der Waals surface area contributed by atoms with Gasteiger partial charge in [0.1, 0.15) is 5.82 Å². The first-order valence-corrected chi connectivity index (χ1v) is 7.03. The van der Waals surface area contributed by atoms with E-state index in [-0.39, 0.29) is 16.3 Å². The van der Waals surface area contributed by atoms with Crippen LogP contribution in [0.25, 0.3) is 0 Å². The van der Waals surface area contributed by atoms with Gasteiger partial charge in [0.2, 0.25) is 0 Å². The number of anilines is 1. The van der Waals surface area contributed by atoms with E-state index in [0.29, 0.717) is 16.7 Å². The zero-order valence-corrected chi connectivity index (χ0v) is 12.0.